The molecule has 6 nitrogen and oxygen atoms in total. The molecular weight excluding hydrogens is 244 g/mol. The first kappa shape index (κ1) is 12.6. The molecule has 2 aliphatic heterocycles. The van der Waals surface area contributed by atoms with Crippen LogP contribution in [0.3, 0.4) is 0 Å². The van der Waals surface area contributed by atoms with E-state index in [-0.39, 0.29) is 17.9 Å². The average molecular weight is 264 g/mol. The highest BCUT2D eigenvalue weighted by Gasteiger charge is 2.33. The number of aryl methyl sites for hydroxylation is 1. The summed E-state index contributed by atoms with van der Waals surface area (Å²) in [6.45, 7) is 6.69. The molecule has 0 N–H and O–H groups in total. The molecule has 0 aromatic carbocycles. The number of fused-ring (bicyclic) bond motifs is 1. The van der Waals surface area contributed by atoms with E-state index in [0.717, 1.165) is 44.2 Å². The number of hydrogen-bond acceptors (Lipinski definition) is 4. The van der Waals surface area contributed by atoms with Crippen LogP contribution in [-0.4, -0.2) is 44.8 Å². The molecule has 2 aliphatic rings. The topological polar surface area (TPSA) is 60.2 Å². The second-order valence-electron chi connectivity index (χ2n) is 5.38. The van der Waals surface area contributed by atoms with Crippen molar-refractivity contribution in [1.29, 1.82) is 0 Å². The monoisotopic (exact) mass is 264 g/mol. The molecule has 0 saturated carbocycles. The Labute approximate surface area is 112 Å². The van der Waals surface area contributed by atoms with Crippen molar-refractivity contribution >= 4 is 5.91 Å². The number of rotatable bonds is 1. The highest BCUT2D eigenvalue weighted by atomic mass is 16.5. The highest BCUT2D eigenvalue weighted by molar-refractivity contribution is 5.79. The van der Waals surface area contributed by atoms with Crippen LogP contribution in [0.5, 0.6) is 0 Å². The molecule has 1 aromatic rings. The van der Waals surface area contributed by atoms with Gasteiger partial charge in [0.2, 0.25) is 5.91 Å². The zero-order chi connectivity index (χ0) is 13.4. The van der Waals surface area contributed by atoms with Gasteiger partial charge in [0.15, 0.2) is 0 Å². The van der Waals surface area contributed by atoms with E-state index in [1.165, 1.54) is 0 Å². The fourth-order valence-electron chi connectivity index (χ4n) is 2.93. The SMILES string of the molecule is Cc1nc2n(n1)CCN(C(=O)[C@H]1CCCO[C@@H]1C)C2. The van der Waals surface area contributed by atoms with Crippen LogP contribution in [0.1, 0.15) is 31.4 Å². The number of carbonyl (C=O) groups excluding carboxylic acids is 1. The quantitative estimate of drug-likeness (QED) is 0.751. The molecule has 0 spiro atoms. The summed E-state index contributed by atoms with van der Waals surface area (Å²) in [7, 11) is 0. The minimum absolute atomic E-state index is 0.00400. The molecule has 0 radical (unpaired) electrons. The zero-order valence-corrected chi connectivity index (χ0v) is 11.5. The molecule has 0 bridgehead atoms. The third-order valence-electron chi connectivity index (χ3n) is 4.00. The van der Waals surface area contributed by atoms with Gasteiger partial charge in [-0.1, -0.05) is 0 Å². The molecule has 6 heteroatoms. The highest BCUT2D eigenvalue weighted by Crippen LogP contribution is 2.24. The summed E-state index contributed by atoms with van der Waals surface area (Å²) in [6, 6.07) is 0. The number of nitrogens with zero attached hydrogens (tertiary/aromatic N) is 4. The molecule has 0 unspecified atom stereocenters. The molecule has 2 atom stereocenters. The van der Waals surface area contributed by atoms with Crippen molar-refractivity contribution in [2.75, 3.05) is 13.2 Å². The smallest absolute Gasteiger partial charge is 0.228 e. The lowest BCUT2D eigenvalue weighted by Gasteiger charge is -2.34. The lowest BCUT2D eigenvalue weighted by molar-refractivity contribution is -0.145. The largest absolute Gasteiger partial charge is 0.378 e. The van der Waals surface area contributed by atoms with Gasteiger partial charge in [-0.3, -0.25) is 4.79 Å². The predicted molar refractivity (Wildman–Crippen MR) is 68.3 cm³/mol. The molecule has 104 valence electrons. The number of amides is 1. The molecule has 3 heterocycles. The fourth-order valence-corrected chi connectivity index (χ4v) is 2.93. The van der Waals surface area contributed by atoms with Crippen LogP contribution in [0, 0.1) is 12.8 Å². The molecule has 1 fully saturated rings. The third-order valence-corrected chi connectivity index (χ3v) is 4.00. The Balaban J connectivity index is 1.71. The van der Waals surface area contributed by atoms with Crippen LogP contribution >= 0.6 is 0 Å². The lowest BCUT2D eigenvalue weighted by Crippen LogP contribution is -2.46. The van der Waals surface area contributed by atoms with Gasteiger partial charge in [-0.25, -0.2) is 9.67 Å². The maximum atomic E-state index is 12.6. The Hall–Kier alpha value is -1.43. The summed E-state index contributed by atoms with van der Waals surface area (Å²) >= 11 is 0. The first-order chi connectivity index (χ1) is 9.15. The number of hydrogen-bond donors (Lipinski definition) is 0. The zero-order valence-electron chi connectivity index (χ0n) is 11.5. The van der Waals surface area contributed by atoms with Gasteiger partial charge >= 0.3 is 0 Å². The molecular formula is C13H20N4O2. The summed E-state index contributed by atoms with van der Waals surface area (Å²) in [5.74, 6) is 1.88. The van der Waals surface area contributed by atoms with Crippen molar-refractivity contribution in [2.45, 2.75) is 45.9 Å². The van der Waals surface area contributed by atoms with E-state index in [4.69, 9.17) is 4.74 Å². The summed E-state index contributed by atoms with van der Waals surface area (Å²) < 4.78 is 7.50. The Morgan fingerprint density at radius 3 is 3.05 bits per heavy atom. The van der Waals surface area contributed by atoms with Gasteiger partial charge in [-0.15, -0.1) is 0 Å². The van der Waals surface area contributed by atoms with E-state index in [9.17, 15) is 4.79 Å². The van der Waals surface area contributed by atoms with Gasteiger partial charge in [0, 0.05) is 13.2 Å². The van der Waals surface area contributed by atoms with Crippen LogP contribution in [-0.2, 0) is 22.6 Å². The molecule has 19 heavy (non-hydrogen) atoms. The van der Waals surface area contributed by atoms with E-state index in [2.05, 4.69) is 10.1 Å². The minimum atomic E-state index is 0.00400. The summed E-state index contributed by atoms with van der Waals surface area (Å²) in [6.07, 6.45) is 1.94. The molecule has 1 aromatic heterocycles. The van der Waals surface area contributed by atoms with Crippen molar-refractivity contribution in [3.63, 3.8) is 0 Å². The van der Waals surface area contributed by atoms with Gasteiger partial charge in [-0.2, -0.15) is 5.10 Å². The number of ether oxygens (including phenoxy) is 1. The molecule has 1 amide bonds. The van der Waals surface area contributed by atoms with E-state index < -0.39 is 0 Å². The molecule has 1 saturated heterocycles. The molecule has 0 aliphatic carbocycles. The van der Waals surface area contributed by atoms with Crippen LogP contribution in [0.2, 0.25) is 0 Å². The maximum absolute atomic E-state index is 12.6. The van der Waals surface area contributed by atoms with Crippen molar-refractivity contribution < 1.29 is 9.53 Å². The Morgan fingerprint density at radius 2 is 2.26 bits per heavy atom. The average Bonchev–Trinajstić information content (AvgIpc) is 2.77. The number of carbonyl (C=O) groups is 1. The Kier molecular flexibility index (Phi) is 3.26. The standard InChI is InChI=1S/C13H20N4O2/c1-9-11(4-3-7-19-9)13(18)16-5-6-17-12(8-16)14-10(2)15-17/h9,11H,3-8H2,1-2H3/t9-,11+/m1/s1. The maximum Gasteiger partial charge on any atom is 0.228 e. The summed E-state index contributed by atoms with van der Waals surface area (Å²) in [5.41, 5.74) is 0. The first-order valence-electron chi connectivity index (χ1n) is 6.96. The van der Waals surface area contributed by atoms with Crippen molar-refractivity contribution in [3.8, 4) is 0 Å². The van der Waals surface area contributed by atoms with E-state index in [1.807, 2.05) is 23.4 Å². The van der Waals surface area contributed by atoms with Crippen LogP contribution in [0.15, 0.2) is 0 Å². The second kappa shape index (κ2) is 4.92. The van der Waals surface area contributed by atoms with Gasteiger partial charge in [-0.05, 0) is 26.7 Å². The Morgan fingerprint density at radius 1 is 1.42 bits per heavy atom. The minimum Gasteiger partial charge on any atom is -0.378 e. The lowest BCUT2D eigenvalue weighted by atomic mass is 9.93. The normalized spacial score (nSPS) is 27.2. The Bertz CT molecular complexity index is 485. The van der Waals surface area contributed by atoms with Crippen LogP contribution in [0.4, 0.5) is 0 Å². The second-order valence-corrected chi connectivity index (χ2v) is 5.38. The summed E-state index contributed by atoms with van der Waals surface area (Å²) in [4.78, 5) is 18.8. The van der Waals surface area contributed by atoms with Gasteiger partial charge in [0.25, 0.3) is 0 Å². The number of aromatic nitrogens is 3. The first-order valence-corrected chi connectivity index (χ1v) is 6.96. The van der Waals surface area contributed by atoms with E-state index in [0.29, 0.717) is 6.54 Å². The molecule has 3 rings (SSSR count). The van der Waals surface area contributed by atoms with Crippen molar-refractivity contribution in [1.82, 2.24) is 19.7 Å². The van der Waals surface area contributed by atoms with Crippen LogP contribution in [0.25, 0.3) is 0 Å². The third kappa shape index (κ3) is 2.36. The van der Waals surface area contributed by atoms with Crippen molar-refractivity contribution in [2.24, 2.45) is 5.92 Å². The summed E-state index contributed by atoms with van der Waals surface area (Å²) in [5, 5.41) is 4.32. The fraction of sp³-hybridized carbons (Fsp3) is 0.769. The van der Waals surface area contributed by atoms with Gasteiger partial charge < -0.3 is 9.64 Å². The van der Waals surface area contributed by atoms with Crippen LogP contribution < -0.4 is 0 Å². The van der Waals surface area contributed by atoms with Gasteiger partial charge in [0.1, 0.15) is 11.6 Å². The van der Waals surface area contributed by atoms with Crippen molar-refractivity contribution in [3.05, 3.63) is 11.6 Å². The predicted octanol–water partition coefficient (Wildman–Crippen LogP) is 0.744. The van der Waals surface area contributed by atoms with E-state index in [1.54, 1.807) is 0 Å². The van der Waals surface area contributed by atoms with E-state index >= 15 is 0 Å². The van der Waals surface area contributed by atoms with Gasteiger partial charge in [0.05, 0.1) is 25.1 Å².